The Morgan fingerprint density at radius 1 is 1.34 bits per heavy atom. The average Bonchev–Trinajstić information content (AvgIpc) is 3.14. The van der Waals surface area contributed by atoms with E-state index in [1.807, 2.05) is 54.4 Å². The van der Waals surface area contributed by atoms with E-state index in [-0.39, 0.29) is 17.9 Å². The first kappa shape index (κ1) is 20.9. The van der Waals surface area contributed by atoms with E-state index < -0.39 is 0 Å². The number of ether oxygens (including phenoxy) is 1. The third-order valence-electron chi connectivity index (χ3n) is 4.72. The quantitative estimate of drug-likeness (QED) is 0.557. The Hall–Kier alpha value is -2.83. The summed E-state index contributed by atoms with van der Waals surface area (Å²) in [4.78, 5) is 17.9. The molecule has 2 aliphatic heterocycles. The molecule has 2 aromatic carbocycles. The fourth-order valence-electron chi connectivity index (χ4n) is 3.40. The van der Waals surface area contributed by atoms with Crippen molar-refractivity contribution in [1.29, 1.82) is 0 Å². The lowest BCUT2D eigenvalue weighted by atomic mass is 9.87. The van der Waals surface area contributed by atoms with E-state index in [0.29, 0.717) is 23.1 Å². The number of halogens is 1. The van der Waals surface area contributed by atoms with Gasteiger partial charge in [-0.3, -0.25) is 14.6 Å². The number of hydrazone groups is 1. The highest BCUT2D eigenvalue weighted by molar-refractivity contribution is 6.41. The zero-order valence-corrected chi connectivity index (χ0v) is 17.5. The van der Waals surface area contributed by atoms with Crippen molar-refractivity contribution < 1.29 is 14.4 Å². The normalized spacial score (nSPS) is 19.0. The molecule has 2 unspecified atom stereocenters. The lowest BCUT2D eigenvalue weighted by Crippen LogP contribution is -2.42. The summed E-state index contributed by atoms with van der Waals surface area (Å²) in [6.45, 7) is 5.67. The number of amides is 1. The van der Waals surface area contributed by atoms with Crippen molar-refractivity contribution in [3.05, 3.63) is 71.8 Å². The molecule has 2 aromatic rings. The molecule has 0 radical (unpaired) electrons. The highest BCUT2D eigenvalue weighted by atomic mass is 35.5. The molecule has 1 amide bonds. The molecule has 0 spiro atoms. The summed E-state index contributed by atoms with van der Waals surface area (Å²) in [6.07, 6.45) is 1.75. The molecular weight excluding hydrogens is 390 g/mol. The molecule has 7 heteroatoms. The number of rotatable bonds is 3. The van der Waals surface area contributed by atoms with Gasteiger partial charge in [-0.1, -0.05) is 48.0 Å². The number of carbonyl (C=O) groups excluding carboxylic acids is 1. The van der Waals surface area contributed by atoms with Crippen LogP contribution in [0.5, 0.6) is 5.75 Å². The predicted molar refractivity (Wildman–Crippen MR) is 115 cm³/mol. The Labute approximate surface area is 175 Å². The SMILES string of the molecule is C=CC.CON(C)C(=O)C1=NN2c3cc(Cl)ccc3OCC2C1c1ccccc1. The molecule has 0 aromatic heterocycles. The summed E-state index contributed by atoms with van der Waals surface area (Å²) in [5, 5.41) is 8.28. The topological polar surface area (TPSA) is 54.4 Å². The van der Waals surface area contributed by atoms with Gasteiger partial charge in [0.2, 0.25) is 0 Å². The number of anilines is 1. The molecule has 0 fully saturated rings. The maximum Gasteiger partial charge on any atom is 0.294 e. The molecule has 2 atom stereocenters. The zero-order chi connectivity index (χ0) is 21.0. The van der Waals surface area contributed by atoms with Crippen LogP contribution in [0.3, 0.4) is 0 Å². The van der Waals surface area contributed by atoms with Crippen LogP contribution in [0.25, 0.3) is 0 Å². The number of hydroxylamine groups is 2. The van der Waals surface area contributed by atoms with Crippen molar-refractivity contribution in [2.24, 2.45) is 5.10 Å². The molecule has 6 nitrogen and oxygen atoms in total. The Balaban J connectivity index is 0.000000755. The van der Waals surface area contributed by atoms with E-state index >= 15 is 0 Å². The number of hydrogen-bond acceptors (Lipinski definition) is 5. The molecule has 29 heavy (non-hydrogen) atoms. The molecular formula is C22H24ClN3O3. The molecule has 2 heterocycles. The predicted octanol–water partition coefficient (Wildman–Crippen LogP) is 4.27. The Bertz CT molecular complexity index is 917. The van der Waals surface area contributed by atoms with Crippen LogP contribution in [-0.4, -0.2) is 43.5 Å². The smallest absolute Gasteiger partial charge is 0.294 e. The van der Waals surface area contributed by atoms with Gasteiger partial charge in [-0.2, -0.15) is 5.10 Å². The minimum atomic E-state index is -0.278. The lowest BCUT2D eigenvalue weighted by molar-refractivity contribution is -0.160. The Morgan fingerprint density at radius 3 is 2.69 bits per heavy atom. The third kappa shape index (κ3) is 4.13. The third-order valence-corrected chi connectivity index (χ3v) is 4.96. The molecule has 0 N–H and O–H groups in total. The largest absolute Gasteiger partial charge is 0.489 e. The highest BCUT2D eigenvalue weighted by Gasteiger charge is 2.46. The van der Waals surface area contributed by atoms with Crippen molar-refractivity contribution in [3.63, 3.8) is 0 Å². The summed E-state index contributed by atoms with van der Waals surface area (Å²) < 4.78 is 5.93. The second kappa shape index (κ2) is 9.11. The first-order valence-electron chi connectivity index (χ1n) is 9.26. The van der Waals surface area contributed by atoms with E-state index in [0.717, 1.165) is 11.3 Å². The molecule has 0 saturated heterocycles. The van der Waals surface area contributed by atoms with Crippen LogP contribution in [-0.2, 0) is 9.63 Å². The van der Waals surface area contributed by atoms with Gasteiger partial charge >= 0.3 is 0 Å². The van der Waals surface area contributed by atoms with Crippen LogP contribution in [0, 0.1) is 0 Å². The van der Waals surface area contributed by atoms with Crippen LogP contribution in [0.15, 0.2) is 66.3 Å². The zero-order valence-electron chi connectivity index (χ0n) is 16.7. The summed E-state index contributed by atoms with van der Waals surface area (Å²) in [5.41, 5.74) is 2.19. The summed E-state index contributed by atoms with van der Waals surface area (Å²) >= 11 is 6.17. The first-order valence-corrected chi connectivity index (χ1v) is 9.63. The molecule has 2 aliphatic rings. The average molecular weight is 414 g/mol. The van der Waals surface area contributed by atoms with Gasteiger partial charge in [0.15, 0.2) is 0 Å². The number of carbonyl (C=O) groups is 1. The maximum atomic E-state index is 12.9. The standard InChI is InChI=1S/C19H18ClN3O3.C3H6/c1-22(25-2)19(24)18-17(12-6-4-3-5-7-12)15-11-26-16-9-8-13(20)10-14(16)23(15)21-18;1-3-2/h3-10,15,17H,11H2,1-2H3;3H,1H2,2H3. The summed E-state index contributed by atoms with van der Waals surface area (Å²) in [6, 6.07) is 15.1. The first-order chi connectivity index (χ1) is 14.0. The van der Waals surface area contributed by atoms with Crippen LogP contribution in [0.4, 0.5) is 5.69 Å². The molecule has 152 valence electrons. The number of fused-ring (bicyclic) bond motifs is 3. The molecule has 4 rings (SSSR count). The van der Waals surface area contributed by atoms with Gasteiger partial charge in [0.25, 0.3) is 5.91 Å². The van der Waals surface area contributed by atoms with Crippen molar-refractivity contribution in [3.8, 4) is 5.75 Å². The number of hydrogen-bond donors (Lipinski definition) is 0. The molecule has 0 saturated carbocycles. The van der Waals surface area contributed by atoms with Crippen molar-refractivity contribution in [1.82, 2.24) is 5.06 Å². The van der Waals surface area contributed by atoms with E-state index in [4.69, 9.17) is 21.2 Å². The van der Waals surface area contributed by atoms with E-state index in [1.165, 1.54) is 12.2 Å². The van der Waals surface area contributed by atoms with E-state index in [2.05, 4.69) is 11.7 Å². The highest BCUT2D eigenvalue weighted by Crippen LogP contribution is 2.43. The van der Waals surface area contributed by atoms with Crippen molar-refractivity contribution in [2.75, 3.05) is 25.8 Å². The second-order valence-corrected chi connectivity index (χ2v) is 7.04. The van der Waals surface area contributed by atoms with Gasteiger partial charge in [0.05, 0.1) is 19.1 Å². The minimum Gasteiger partial charge on any atom is -0.489 e. The fourth-order valence-corrected chi connectivity index (χ4v) is 3.57. The number of benzene rings is 2. The molecule has 0 aliphatic carbocycles. The van der Waals surface area contributed by atoms with Gasteiger partial charge in [-0.05, 0) is 30.7 Å². The molecule has 0 bridgehead atoms. The van der Waals surface area contributed by atoms with Crippen molar-refractivity contribution >= 4 is 28.9 Å². The lowest BCUT2D eigenvalue weighted by Gasteiger charge is -2.33. The van der Waals surface area contributed by atoms with Crippen LogP contribution >= 0.6 is 11.6 Å². The van der Waals surface area contributed by atoms with Gasteiger partial charge < -0.3 is 4.74 Å². The Morgan fingerprint density at radius 2 is 2.03 bits per heavy atom. The van der Waals surface area contributed by atoms with Gasteiger partial charge in [-0.15, -0.1) is 6.58 Å². The summed E-state index contributed by atoms with van der Waals surface area (Å²) in [7, 11) is 3.03. The van der Waals surface area contributed by atoms with Gasteiger partial charge in [0.1, 0.15) is 23.8 Å². The Kier molecular flexibility index (Phi) is 6.56. The van der Waals surface area contributed by atoms with Gasteiger partial charge in [0, 0.05) is 12.1 Å². The van der Waals surface area contributed by atoms with Crippen LogP contribution in [0.1, 0.15) is 18.4 Å². The number of allylic oxidation sites excluding steroid dienone is 1. The van der Waals surface area contributed by atoms with E-state index in [9.17, 15) is 4.79 Å². The maximum absolute atomic E-state index is 12.9. The van der Waals surface area contributed by atoms with Gasteiger partial charge in [-0.25, -0.2) is 5.06 Å². The fraction of sp³-hybridized carbons (Fsp3) is 0.273. The van der Waals surface area contributed by atoms with Crippen LogP contribution in [0.2, 0.25) is 5.02 Å². The van der Waals surface area contributed by atoms with E-state index in [1.54, 1.807) is 19.2 Å². The minimum absolute atomic E-state index is 0.132. The summed E-state index contributed by atoms with van der Waals surface area (Å²) in [5.74, 6) is 0.197. The number of nitrogens with zero attached hydrogens (tertiary/aromatic N) is 3. The monoisotopic (exact) mass is 413 g/mol. The van der Waals surface area contributed by atoms with Crippen molar-refractivity contribution in [2.45, 2.75) is 18.9 Å². The second-order valence-electron chi connectivity index (χ2n) is 6.60. The van der Waals surface area contributed by atoms with Crippen LogP contribution < -0.4 is 9.75 Å².